The van der Waals surface area contributed by atoms with Crippen LogP contribution in [0.1, 0.15) is 1.37 Å². The summed E-state index contributed by atoms with van der Waals surface area (Å²) >= 11 is 0. The van der Waals surface area contributed by atoms with E-state index in [0.29, 0.717) is 12.1 Å². The molecule has 0 radical (unpaired) electrons. The van der Waals surface area contributed by atoms with E-state index >= 15 is 0 Å². The van der Waals surface area contributed by atoms with Crippen LogP contribution in [0.3, 0.4) is 0 Å². The molecule has 0 bridgehead atoms. The number of nitro groups is 1. The molecule has 1 aromatic carbocycles. The lowest BCUT2D eigenvalue weighted by atomic mass is 10.3. The van der Waals surface area contributed by atoms with Crippen molar-refractivity contribution in [2.24, 2.45) is 0 Å². The molecule has 0 amide bonds. The van der Waals surface area contributed by atoms with E-state index in [2.05, 4.69) is 0 Å². The summed E-state index contributed by atoms with van der Waals surface area (Å²) in [5.74, 6) is -2.58. The van der Waals surface area contributed by atoms with Gasteiger partial charge in [-0.05, 0) is 6.07 Å². The topological polar surface area (TPSA) is 43.1 Å². The molecule has 1 rings (SSSR count). The van der Waals surface area contributed by atoms with E-state index in [-0.39, 0.29) is 0 Å². The van der Waals surface area contributed by atoms with E-state index in [1.807, 2.05) is 0 Å². The van der Waals surface area contributed by atoms with Gasteiger partial charge in [0.15, 0.2) is 11.6 Å². The molecule has 0 aliphatic rings. The Bertz CT molecular complexity index is 343. The summed E-state index contributed by atoms with van der Waals surface area (Å²) in [5, 5.41) is 10.1. The van der Waals surface area contributed by atoms with E-state index in [0.717, 1.165) is 0 Å². The highest BCUT2D eigenvalue weighted by Crippen LogP contribution is 2.14. The molecule has 0 aliphatic heterocycles. The first-order valence-corrected chi connectivity index (χ1v) is 2.62. The molecule has 1 aromatic rings. The lowest BCUT2D eigenvalue weighted by molar-refractivity contribution is -0.385. The number of hydrogen-bond acceptors (Lipinski definition) is 2. The van der Waals surface area contributed by atoms with Gasteiger partial charge in [0.2, 0.25) is 0 Å². The van der Waals surface area contributed by atoms with E-state index < -0.39 is 28.3 Å². The van der Waals surface area contributed by atoms with Gasteiger partial charge in [0.25, 0.3) is 5.69 Å². The summed E-state index contributed by atoms with van der Waals surface area (Å²) in [6, 6.07) is 0.212. The van der Waals surface area contributed by atoms with Gasteiger partial charge < -0.3 is 0 Å². The lowest BCUT2D eigenvalue weighted by Crippen LogP contribution is -1.90. The first kappa shape index (κ1) is 6.21. The molecule has 0 saturated heterocycles. The molecular weight excluding hydrogens is 156 g/mol. The second-order valence-corrected chi connectivity index (χ2v) is 1.77. The molecule has 0 heterocycles. The maximum atomic E-state index is 12.4. The fourth-order valence-corrected chi connectivity index (χ4v) is 0.542. The zero-order chi connectivity index (χ0) is 9.30. The van der Waals surface area contributed by atoms with Gasteiger partial charge in [-0.2, -0.15) is 0 Å². The van der Waals surface area contributed by atoms with Crippen LogP contribution in [0.25, 0.3) is 0 Å². The second-order valence-electron chi connectivity index (χ2n) is 1.77. The van der Waals surface area contributed by atoms with Gasteiger partial charge in [-0.15, -0.1) is 0 Å². The van der Waals surface area contributed by atoms with Crippen molar-refractivity contribution in [2.45, 2.75) is 0 Å². The molecule has 0 N–H and O–H groups in total. The monoisotopic (exact) mass is 160 g/mol. The third-order valence-electron chi connectivity index (χ3n) is 1.04. The first-order chi connectivity index (χ1) is 5.52. The minimum atomic E-state index is -1.32. The van der Waals surface area contributed by atoms with Crippen molar-refractivity contribution in [3.63, 3.8) is 0 Å². The summed E-state index contributed by atoms with van der Waals surface area (Å²) < 4.78 is 31.6. The van der Waals surface area contributed by atoms with Crippen LogP contribution in [0, 0.1) is 21.7 Å². The van der Waals surface area contributed by atoms with Crippen molar-refractivity contribution < 1.29 is 15.1 Å². The predicted molar refractivity (Wildman–Crippen MR) is 33.0 cm³/mol. The third kappa shape index (κ3) is 1.49. The highest BCUT2D eigenvalue weighted by Gasteiger charge is 2.09. The second kappa shape index (κ2) is 2.61. The molecule has 0 saturated carbocycles. The molecule has 5 heteroatoms. The van der Waals surface area contributed by atoms with Crippen molar-refractivity contribution in [2.75, 3.05) is 0 Å². The zero-order valence-electron chi connectivity index (χ0n) is 6.17. The van der Waals surface area contributed by atoms with Crippen LogP contribution < -0.4 is 0 Å². The summed E-state index contributed by atoms with van der Waals surface area (Å²) in [5.41, 5.74) is -0.742. The SMILES string of the molecule is [2H]c1cc(F)c(F)cc1[N+](=O)[O-]. The van der Waals surface area contributed by atoms with Gasteiger partial charge in [-0.25, -0.2) is 8.78 Å². The third-order valence-corrected chi connectivity index (χ3v) is 1.04. The Morgan fingerprint density at radius 3 is 2.73 bits per heavy atom. The summed E-state index contributed by atoms with van der Waals surface area (Å²) in [7, 11) is 0. The fraction of sp³-hybridized carbons (Fsp3) is 0. The largest absolute Gasteiger partial charge is 0.272 e. The Morgan fingerprint density at radius 1 is 1.55 bits per heavy atom. The van der Waals surface area contributed by atoms with Gasteiger partial charge in [-0.1, -0.05) is 0 Å². The molecule has 58 valence electrons. The Hall–Kier alpha value is -1.52. The van der Waals surface area contributed by atoms with Crippen LogP contribution in [0.5, 0.6) is 0 Å². The fourth-order valence-electron chi connectivity index (χ4n) is 0.542. The molecule has 0 spiro atoms. The molecule has 11 heavy (non-hydrogen) atoms. The Balaban J connectivity index is 3.33. The van der Waals surface area contributed by atoms with Crippen LogP contribution in [0.4, 0.5) is 14.5 Å². The Morgan fingerprint density at radius 2 is 2.18 bits per heavy atom. The number of nitrogens with zero attached hydrogens (tertiary/aromatic N) is 1. The van der Waals surface area contributed by atoms with Gasteiger partial charge in [0, 0.05) is 6.04 Å². The van der Waals surface area contributed by atoms with E-state index in [9.17, 15) is 18.9 Å². The van der Waals surface area contributed by atoms with E-state index in [4.69, 9.17) is 1.37 Å². The predicted octanol–water partition coefficient (Wildman–Crippen LogP) is 1.87. The number of nitro benzene ring substituents is 1. The minimum absolute atomic E-state index is 0.387. The Labute approximate surface area is 61.8 Å². The van der Waals surface area contributed by atoms with Gasteiger partial charge >= 0.3 is 0 Å². The van der Waals surface area contributed by atoms with Crippen LogP contribution in [-0.4, -0.2) is 4.92 Å². The van der Waals surface area contributed by atoms with Gasteiger partial charge in [-0.3, -0.25) is 10.1 Å². The van der Waals surface area contributed by atoms with Crippen LogP contribution in [-0.2, 0) is 0 Å². The number of hydrogen-bond donors (Lipinski definition) is 0. The van der Waals surface area contributed by atoms with Crippen LogP contribution in [0.15, 0.2) is 18.2 Å². The molecule has 3 nitrogen and oxygen atoms in total. The van der Waals surface area contributed by atoms with Crippen molar-refractivity contribution in [1.29, 1.82) is 0 Å². The molecule has 0 aromatic heterocycles. The van der Waals surface area contributed by atoms with Crippen LogP contribution >= 0.6 is 0 Å². The first-order valence-electron chi connectivity index (χ1n) is 3.12. The van der Waals surface area contributed by atoms with E-state index in [1.165, 1.54) is 0 Å². The highest BCUT2D eigenvalue weighted by molar-refractivity contribution is 5.30. The molecular formula is C6H3F2NO2. The standard InChI is InChI=1S/C6H3F2NO2/c7-5-2-1-4(9(10)11)3-6(5)8/h1-3H/i1D. The number of benzene rings is 1. The summed E-state index contributed by atoms with van der Waals surface area (Å²) in [6.45, 7) is 0. The quantitative estimate of drug-likeness (QED) is 0.465. The van der Waals surface area contributed by atoms with Crippen molar-refractivity contribution in [3.8, 4) is 0 Å². The molecule has 0 aliphatic carbocycles. The molecule has 0 unspecified atom stereocenters. The average molecular weight is 160 g/mol. The summed E-state index contributed by atoms with van der Waals surface area (Å²) in [4.78, 5) is 9.14. The van der Waals surface area contributed by atoms with Gasteiger partial charge in [0.05, 0.1) is 12.4 Å². The van der Waals surface area contributed by atoms with Crippen molar-refractivity contribution >= 4 is 5.69 Å². The van der Waals surface area contributed by atoms with E-state index in [1.54, 1.807) is 0 Å². The number of rotatable bonds is 1. The maximum absolute atomic E-state index is 12.4. The summed E-state index contributed by atoms with van der Waals surface area (Å²) in [6.07, 6.45) is 0. The van der Waals surface area contributed by atoms with Gasteiger partial charge in [0.1, 0.15) is 0 Å². The normalized spacial score (nSPS) is 10.9. The van der Waals surface area contributed by atoms with Crippen molar-refractivity contribution in [3.05, 3.63) is 39.9 Å². The average Bonchev–Trinajstić information content (AvgIpc) is 1.96. The molecule has 0 fully saturated rings. The lowest BCUT2D eigenvalue weighted by Gasteiger charge is -1.91. The smallest absolute Gasteiger partial charge is 0.258 e. The highest BCUT2D eigenvalue weighted by atomic mass is 19.2. The minimum Gasteiger partial charge on any atom is -0.258 e. The molecule has 0 atom stereocenters. The number of halogens is 2. The zero-order valence-corrected chi connectivity index (χ0v) is 5.17. The Kier molecular flexibility index (Phi) is 1.47. The maximum Gasteiger partial charge on any atom is 0.272 e. The van der Waals surface area contributed by atoms with Crippen molar-refractivity contribution in [1.82, 2.24) is 0 Å². The van der Waals surface area contributed by atoms with Crippen LogP contribution in [0.2, 0.25) is 0 Å².